The molecule has 11 aromatic carbocycles. The van der Waals surface area contributed by atoms with Crippen molar-refractivity contribution >= 4 is 43.4 Å². The highest BCUT2D eigenvalue weighted by molar-refractivity contribution is 6.22. The van der Waals surface area contributed by atoms with Crippen LogP contribution >= 0.6 is 0 Å². The van der Waals surface area contributed by atoms with Gasteiger partial charge in [0.25, 0.3) is 0 Å². The minimum absolute atomic E-state index is 1.17. The monoisotopic (exact) mass is 799 g/mol. The molecule has 12 rings (SSSR count). The Morgan fingerprint density at radius 2 is 0.524 bits per heavy atom. The largest absolute Gasteiger partial charge is 0.309 e. The number of hydrogen-bond acceptors (Lipinski definition) is 0. The SMILES string of the molecule is c1ccc(-c2ccc3c(-c4ccc(-c5ccc(-c6ccc7c(c6)c6ccccc6n7-c6ccccc6)cc5)cc4)c4cc(-c5ccccc5)ccc4c(-c4ccccc4)c3c2)cc1. The highest BCUT2D eigenvalue weighted by atomic mass is 15.0. The van der Waals surface area contributed by atoms with Crippen molar-refractivity contribution in [3.63, 3.8) is 0 Å². The smallest absolute Gasteiger partial charge is 0.0541 e. The van der Waals surface area contributed by atoms with Gasteiger partial charge in [-0.1, -0.05) is 206 Å². The molecule has 1 aromatic heterocycles. The van der Waals surface area contributed by atoms with Gasteiger partial charge in [0.1, 0.15) is 0 Å². The Hall–Kier alpha value is -8.26. The highest BCUT2D eigenvalue weighted by Crippen LogP contribution is 2.46. The number of fused-ring (bicyclic) bond motifs is 5. The fourth-order valence-corrected chi connectivity index (χ4v) is 9.77. The van der Waals surface area contributed by atoms with Gasteiger partial charge in [-0.05, 0) is 131 Å². The van der Waals surface area contributed by atoms with Gasteiger partial charge in [0, 0.05) is 16.5 Å². The van der Waals surface area contributed by atoms with Crippen molar-refractivity contribution in [3.8, 4) is 72.4 Å². The van der Waals surface area contributed by atoms with E-state index in [2.05, 4.69) is 253 Å². The van der Waals surface area contributed by atoms with E-state index in [9.17, 15) is 0 Å². The molecule has 0 fully saturated rings. The van der Waals surface area contributed by atoms with Gasteiger partial charge in [0.2, 0.25) is 0 Å². The first-order valence-electron chi connectivity index (χ1n) is 21.7. The lowest BCUT2D eigenvalue weighted by Gasteiger charge is -2.20. The Morgan fingerprint density at radius 1 is 0.190 bits per heavy atom. The number of para-hydroxylation sites is 2. The predicted octanol–water partition coefficient (Wildman–Crippen LogP) is 17.1. The summed E-state index contributed by atoms with van der Waals surface area (Å²) in [6, 6.07) is 90.9. The summed E-state index contributed by atoms with van der Waals surface area (Å²) in [6.07, 6.45) is 0. The molecule has 0 spiro atoms. The standard InChI is InChI=1S/C62H41N/c1-5-15-42(16-6-1)49-34-37-55-57(40-49)61(47-19-9-3-10-20-47)54-36-33-50(43-17-7-2-8-18-43)41-58(54)62(55)48-31-29-45(30-32-48)44-25-27-46(28-26-44)51-35-38-60-56(39-51)53-23-13-14-24-59(53)63(60)52-21-11-4-12-22-52/h1-41H. The zero-order valence-electron chi connectivity index (χ0n) is 34.6. The molecule has 12 aromatic rings. The lowest BCUT2D eigenvalue weighted by molar-refractivity contribution is 1.18. The third-order valence-electron chi connectivity index (χ3n) is 12.8. The van der Waals surface area contributed by atoms with Crippen LogP contribution in [0.2, 0.25) is 0 Å². The van der Waals surface area contributed by atoms with Crippen LogP contribution in [0, 0.1) is 0 Å². The van der Waals surface area contributed by atoms with Crippen molar-refractivity contribution in [3.05, 3.63) is 249 Å². The summed E-state index contributed by atoms with van der Waals surface area (Å²) in [4.78, 5) is 0. The van der Waals surface area contributed by atoms with E-state index in [0.717, 1.165) is 0 Å². The van der Waals surface area contributed by atoms with Crippen LogP contribution in [-0.4, -0.2) is 4.57 Å². The van der Waals surface area contributed by atoms with Crippen LogP contribution in [0.5, 0.6) is 0 Å². The minimum Gasteiger partial charge on any atom is -0.309 e. The Bertz CT molecular complexity index is 3610. The quantitative estimate of drug-likeness (QED) is 0.142. The predicted molar refractivity (Wildman–Crippen MR) is 268 cm³/mol. The van der Waals surface area contributed by atoms with Crippen molar-refractivity contribution < 1.29 is 0 Å². The molecule has 63 heavy (non-hydrogen) atoms. The normalized spacial score (nSPS) is 11.5. The first-order valence-corrected chi connectivity index (χ1v) is 21.7. The molecule has 0 radical (unpaired) electrons. The van der Waals surface area contributed by atoms with Gasteiger partial charge in [-0.3, -0.25) is 0 Å². The van der Waals surface area contributed by atoms with Gasteiger partial charge < -0.3 is 4.57 Å². The molecule has 0 bridgehead atoms. The molecule has 0 atom stereocenters. The molecular weight excluding hydrogens is 759 g/mol. The van der Waals surface area contributed by atoms with E-state index in [-0.39, 0.29) is 0 Å². The molecule has 294 valence electrons. The summed E-state index contributed by atoms with van der Waals surface area (Å²) in [5.41, 5.74) is 18.2. The lowest BCUT2D eigenvalue weighted by Crippen LogP contribution is -1.93. The van der Waals surface area contributed by atoms with Crippen LogP contribution in [-0.2, 0) is 0 Å². The Kier molecular flexibility index (Phi) is 8.90. The van der Waals surface area contributed by atoms with E-state index in [1.807, 2.05) is 0 Å². The average Bonchev–Trinajstić information content (AvgIpc) is 3.70. The van der Waals surface area contributed by atoms with Crippen LogP contribution in [0.1, 0.15) is 0 Å². The third kappa shape index (κ3) is 6.42. The maximum Gasteiger partial charge on any atom is 0.0541 e. The van der Waals surface area contributed by atoms with Crippen molar-refractivity contribution in [1.82, 2.24) is 4.57 Å². The Labute approximate surface area is 367 Å². The van der Waals surface area contributed by atoms with Gasteiger partial charge in [0.05, 0.1) is 11.0 Å². The van der Waals surface area contributed by atoms with Gasteiger partial charge in [-0.25, -0.2) is 0 Å². The number of nitrogens with zero attached hydrogens (tertiary/aromatic N) is 1. The average molecular weight is 800 g/mol. The van der Waals surface area contributed by atoms with Crippen LogP contribution in [0.4, 0.5) is 0 Å². The van der Waals surface area contributed by atoms with E-state index in [1.54, 1.807) is 0 Å². The van der Waals surface area contributed by atoms with Crippen LogP contribution in [0.15, 0.2) is 249 Å². The third-order valence-corrected chi connectivity index (χ3v) is 12.8. The maximum atomic E-state index is 2.40. The number of hydrogen-bond donors (Lipinski definition) is 0. The number of rotatable bonds is 7. The lowest BCUT2D eigenvalue weighted by atomic mass is 9.83. The van der Waals surface area contributed by atoms with E-state index in [1.165, 1.54) is 116 Å². The van der Waals surface area contributed by atoms with E-state index >= 15 is 0 Å². The minimum atomic E-state index is 1.17. The van der Waals surface area contributed by atoms with Gasteiger partial charge in [-0.2, -0.15) is 0 Å². The molecule has 0 unspecified atom stereocenters. The van der Waals surface area contributed by atoms with Crippen LogP contribution in [0.25, 0.3) is 116 Å². The molecule has 0 amide bonds. The second-order valence-corrected chi connectivity index (χ2v) is 16.4. The second kappa shape index (κ2) is 15.3. The fourth-order valence-electron chi connectivity index (χ4n) is 9.77. The van der Waals surface area contributed by atoms with Gasteiger partial charge in [-0.15, -0.1) is 0 Å². The van der Waals surface area contributed by atoms with Gasteiger partial charge >= 0.3 is 0 Å². The second-order valence-electron chi connectivity index (χ2n) is 16.4. The van der Waals surface area contributed by atoms with E-state index < -0.39 is 0 Å². The number of aromatic nitrogens is 1. The Balaban J connectivity index is 0.966. The molecule has 0 saturated heterocycles. The van der Waals surface area contributed by atoms with Gasteiger partial charge in [0.15, 0.2) is 0 Å². The summed E-state index contributed by atoms with van der Waals surface area (Å²) < 4.78 is 2.37. The molecule has 0 aliphatic carbocycles. The summed E-state index contributed by atoms with van der Waals surface area (Å²) >= 11 is 0. The Morgan fingerprint density at radius 3 is 1.05 bits per heavy atom. The van der Waals surface area contributed by atoms with Crippen LogP contribution in [0.3, 0.4) is 0 Å². The summed E-state index contributed by atoms with van der Waals surface area (Å²) in [5, 5.41) is 7.51. The number of benzene rings is 11. The fraction of sp³-hybridized carbons (Fsp3) is 0. The van der Waals surface area contributed by atoms with Crippen LogP contribution < -0.4 is 0 Å². The molecule has 0 aliphatic rings. The molecule has 0 aliphatic heterocycles. The summed E-state index contributed by atoms with van der Waals surface area (Å²) in [6.45, 7) is 0. The van der Waals surface area contributed by atoms with E-state index in [0.29, 0.717) is 0 Å². The molecule has 0 saturated carbocycles. The molecule has 1 heteroatoms. The van der Waals surface area contributed by atoms with Crippen molar-refractivity contribution in [2.75, 3.05) is 0 Å². The summed E-state index contributed by atoms with van der Waals surface area (Å²) in [7, 11) is 0. The first-order chi connectivity index (χ1) is 31.2. The zero-order valence-corrected chi connectivity index (χ0v) is 34.6. The van der Waals surface area contributed by atoms with Crippen molar-refractivity contribution in [2.24, 2.45) is 0 Å². The molecule has 1 nitrogen and oxygen atoms in total. The first kappa shape index (κ1) is 36.6. The van der Waals surface area contributed by atoms with E-state index in [4.69, 9.17) is 0 Å². The highest BCUT2D eigenvalue weighted by Gasteiger charge is 2.19. The molecule has 1 heterocycles. The zero-order chi connectivity index (χ0) is 41.7. The summed E-state index contributed by atoms with van der Waals surface area (Å²) in [5.74, 6) is 0. The van der Waals surface area contributed by atoms with Crippen molar-refractivity contribution in [1.29, 1.82) is 0 Å². The maximum absolute atomic E-state index is 2.40. The topological polar surface area (TPSA) is 4.93 Å². The molecular formula is C62H41N. The molecule has 0 N–H and O–H groups in total. The van der Waals surface area contributed by atoms with Crippen molar-refractivity contribution in [2.45, 2.75) is 0 Å².